The van der Waals surface area contributed by atoms with Gasteiger partial charge in [-0.15, -0.1) is 0 Å². The molecule has 3 N–H and O–H groups in total. The number of carbonyl (C=O) groups is 3. The molecule has 4 aromatic rings. The van der Waals surface area contributed by atoms with Gasteiger partial charge in [-0.3, -0.25) is 15.0 Å². The highest BCUT2D eigenvalue weighted by atomic mass is 16.6. The third kappa shape index (κ3) is 6.21. The molecule has 1 fully saturated rings. The number of nitrogens with zero attached hydrogens (tertiary/aromatic N) is 3. The van der Waals surface area contributed by atoms with Crippen LogP contribution in [-0.2, 0) is 21.7 Å². The van der Waals surface area contributed by atoms with Gasteiger partial charge in [-0.25, -0.2) is 14.6 Å². The number of amides is 3. The van der Waals surface area contributed by atoms with E-state index < -0.39 is 11.8 Å². The van der Waals surface area contributed by atoms with Gasteiger partial charge in [0.1, 0.15) is 0 Å². The van der Waals surface area contributed by atoms with Crippen LogP contribution in [-0.4, -0.2) is 69.3 Å². The Hall–Kier alpha value is -4.90. The summed E-state index contributed by atoms with van der Waals surface area (Å²) >= 11 is 0. The summed E-state index contributed by atoms with van der Waals surface area (Å²) in [5.41, 5.74) is 1.76. The van der Waals surface area contributed by atoms with E-state index in [9.17, 15) is 19.5 Å². The van der Waals surface area contributed by atoms with Crippen LogP contribution in [0.4, 0.5) is 15.5 Å². The molecular weight excluding hydrogens is 574 g/mol. The number of hydrogen-bond donors (Lipinski definition) is 3. The molecule has 0 radical (unpaired) electrons. The molecule has 6 rings (SSSR count). The molecule has 1 unspecified atom stereocenters. The minimum atomic E-state index is -1.71. The van der Waals surface area contributed by atoms with E-state index >= 15 is 0 Å². The van der Waals surface area contributed by atoms with E-state index in [1.165, 1.54) is 4.90 Å². The number of nitrogens with one attached hydrogen (secondary N) is 2. The number of imidazole rings is 1. The smallest absolute Gasteiger partial charge is 0.413 e. The van der Waals surface area contributed by atoms with Crippen LogP contribution in [0.3, 0.4) is 0 Å². The Morgan fingerprint density at radius 1 is 1.04 bits per heavy atom. The molecular formula is C34H37N5O6. The molecule has 234 valence electrons. The molecule has 11 heteroatoms. The van der Waals surface area contributed by atoms with E-state index in [4.69, 9.17) is 9.47 Å². The molecule has 1 saturated heterocycles. The SMILES string of the molecule is CC(C)COC(=O)N1CCC(COC(=O)Nc2nc3ccc(C4(O)c5ccccc5C(=O)N4Cc4ccccc4)cc3[nH]2)CC1. The first-order chi connectivity index (χ1) is 21.7. The highest BCUT2D eigenvalue weighted by Crippen LogP contribution is 2.43. The van der Waals surface area contributed by atoms with Crippen LogP contribution in [0.25, 0.3) is 11.0 Å². The summed E-state index contributed by atoms with van der Waals surface area (Å²) in [5.74, 6) is 0.360. The third-order valence-electron chi connectivity index (χ3n) is 8.32. The lowest BCUT2D eigenvalue weighted by Gasteiger charge is -2.35. The fourth-order valence-corrected chi connectivity index (χ4v) is 5.90. The number of aromatic amines is 1. The second-order valence-corrected chi connectivity index (χ2v) is 12.0. The second kappa shape index (κ2) is 12.6. The van der Waals surface area contributed by atoms with Crippen LogP contribution >= 0.6 is 0 Å². The van der Waals surface area contributed by atoms with E-state index in [0.717, 1.165) is 5.56 Å². The molecule has 0 bridgehead atoms. The average Bonchev–Trinajstić information content (AvgIpc) is 3.55. The van der Waals surface area contributed by atoms with Crippen molar-refractivity contribution in [2.24, 2.45) is 11.8 Å². The number of carbonyl (C=O) groups excluding carboxylic acids is 3. The standard InChI is InChI=1S/C34H37N5O6/c1-22(2)20-45-33(42)38-16-14-24(15-17-38)21-44-32(41)37-31-35-28-13-12-25(18-29(28)36-31)34(43)27-11-7-6-10-26(27)30(40)39(34)19-23-8-4-3-5-9-23/h3-13,18,22,24,43H,14-17,19-21H2,1-2H3,(H2,35,36,37,41). The summed E-state index contributed by atoms with van der Waals surface area (Å²) in [6.45, 7) is 5.94. The van der Waals surface area contributed by atoms with Crippen LogP contribution in [0.15, 0.2) is 72.8 Å². The van der Waals surface area contributed by atoms with E-state index in [2.05, 4.69) is 15.3 Å². The molecule has 0 aliphatic carbocycles. The minimum absolute atomic E-state index is 0.139. The van der Waals surface area contributed by atoms with Crippen molar-refractivity contribution < 1.29 is 29.0 Å². The van der Waals surface area contributed by atoms with Gasteiger partial charge in [-0.2, -0.15) is 0 Å². The third-order valence-corrected chi connectivity index (χ3v) is 8.32. The first-order valence-electron chi connectivity index (χ1n) is 15.3. The number of ether oxygens (including phenoxy) is 2. The van der Waals surface area contributed by atoms with Gasteiger partial charge >= 0.3 is 12.2 Å². The summed E-state index contributed by atoms with van der Waals surface area (Å²) in [6, 6.07) is 21.8. The zero-order chi connectivity index (χ0) is 31.6. The van der Waals surface area contributed by atoms with Crippen LogP contribution in [0.1, 0.15) is 53.7 Å². The van der Waals surface area contributed by atoms with Crippen LogP contribution < -0.4 is 5.32 Å². The van der Waals surface area contributed by atoms with E-state index in [1.807, 2.05) is 44.2 Å². The van der Waals surface area contributed by atoms with Gasteiger partial charge in [0, 0.05) is 36.3 Å². The number of anilines is 1. The topological polar surface area (TPSA) is 137 Å². The average molecular weight is 612 g/mol. The van der Waals surface area contributed by atoms with Gasteiger partial charge in [0.05, 0.1) is 24.2 Å². The number of rotatable bonds is 8. The van der Waals surface area contributed by atoms with Crippen molar-refractivity contribution in [1.82, 2.24) is 19.8 Å². The molecule has 1 atom stereocenters. The number of fused-ring (bicyclic) bond motifs is 2. The zero-order valence-corrected chi connectivity index (χ0v) is 25.4. The second-order valence-electron chi connectivity index (χ2n) is 12.0. The summed E-state index contributed by atoms with van der Waals surface area (Å²) in [6.07, 6.45) is 0.491. The maximum atomic E-state index is 13.5. The number of hydrogen-bond acceptors (Lipinski definition) is 7. The van der Waals surface area contributed by atoms with Crippen molar-refractivity contribution in [1.29, 1.82) is 0 Å². The fraction of sp³-hybridized carbons (Fsp3) is 0.353. The Morgan fingerprint density at radius 2 is 1.78 bits per heavy atom. The Bertz CT molecular complexity index is 1700. The molecule has 45 heavy (non-hydrogen) atoms. The molecule has 1 aromatic heterocycles. The Labute approximate surface area is 261 Å². The van der Waals surface area contributed by atoms with Crippen molar-refractivity contribution in [3.8, 4) is 0 Å². The van der Waals surface area contributed by atoms with E-state index in [0.29, 0.717) is 60.3 Å². The summed E-state index contributed by atoms with van der Waals surface area (Å²) in [4.78, 5) is 49.0. The lowest BCUT2D eigenvalue weighted by atomic mass is 9.93. The number of benzene rings is 3. The number of likely N-dealkylation sites (tertiary alicyclic amines) is 1. The minimum Gasteiger partial charge on any atom is -0.449 e. The molecule has 2 aliphatic heterocycles. The Kier molecular flexibility index (Phi) is 8.44. The largest absolute Gasteiger partial charge is 0.449 e. The summed E-state index contributed by atoms with van der Waals surface area (Å²) < 4.78 is 10.8. The Morgan fingerprint density at radius 3 is 2.53 bits per heavy atom. The van der Waals surface area contributed by atoms with Gasteiger partial charge in [-0.05, 0) is 48.4 Å². The number of aliphatic hydroxyl groups is 1. The highest BCUT2D eigenvalue weighted by Gasteiger charge is 2.49. The van der Waals surface area contributed by atoms with Gasteiger partial charge in [0.15, 0.2) is 5.72 Å². The number of piperidine rings is 1. The number of H-pyrrole nitrogens is 1. The molecule has 3 amide bonds. The normalized spacial score (nSPS) is 18.4. The van der Waals surface area contributed by atoms with Crippen LogP contribution in [0.5, 0.6) is 0 Å². The molecule has 11 nitrogen and oxygen atoms in total. The first-order valence-corrected chi connectivity index (χ1v) is 15.3. The lowest BCUT2D eigenvalue weighted by molar-refractivity contribution is -0.0542. The Balaban J connectivity index is 1.11. The van der Waals surface area contributed by atoms with Crippen LogP contribution in [0, 0.1) is 11.8 Å². The zero-order valence-electron chi connectivity index (χ0n) is 25.4. The fourth-order valence-electron chi connectivity index (χ4n) is 5.90. The summed E-state index contributed by atoms with van der Waals surface area (Å²) in [7, 11) is 0. The van der Waals surface area contributed by atoms with E-state index in [-0.39, 0.29) is 42.9 Å². The molecule has 3 aromatic carbocycles. The quantitative estimate of drug-likeness (QED) is 0.240. The van der Waals surface area contributed by atoms with Gasteiger partial charge < -0.3 is 24.5 Å². The van der Waals surface area contributed by atoms with Crippen molar-refractivity contribution in [3.05, 3.63) is 95.1 Å². The van der Waals surface area contributed by atoms with Crippen LogP contribution in [0.2, 0.25) is 0 Å². The molecule has 3 heterocycles. The molecule has 0 saturated carbocycles. The summed E-state index contributed by atoms with van der Waals surface area (Å²) in [5, 5.41) is 14.9. The predicted octanol–water partition coefficient (Wildman–Crippen LogP) is 5.47. The predicted molar refractivity (Wildman–Crippen MR) is 167 cm³/mol. The highest BCUT2D eigenvalue weighted by molar-refractivity contribution is 6.00. The van der Waals surface area contributed by atoms with Gasteiger partial charge in [0.25, 0.3) is 5.91 Å². The van der Waals surface area contributed by atoms with Gasteiger partial charge in [-0.1, -0.05) is 68.4 Å². The van der Waals surface area contributed by atoms with Crippen molar-refractivity contribution >= 4 is 35.1 Å². The van der Waals surface area contributed by atoms with E-state index in [1.54, 1.807) is 47.4 Å². The van der Waals surface area contributed by atoms with Crippen molar-refractivity contribution in [3.63, 3.8) is 0 Å². The maximum absolute atomic E-state index is 13.5. The maximum Gasteiger partial charge on any atom is 0.413 e. The molecule has 0 spiro atoms. The van der Waals surface area contributed by atoms with Crippen molar-refractivity contribution in [2.75, 3.05) is 31.6 Å². The number of aromatic nitrogens is 2. The van der Waals surface area contributed by atoms with Gasteiger partial charge in [0.2, 0.25) is 5.95 Å². The monoisotopic (exact) mass is 611 g/mol. The first kappa shape index (κ1) is 30.1. The lowest BCUT2D eigenvalue weighted by Crippen LogP contribution is -2.44. The molecule has 2 aliphatic rings. The van der Waals surface area contributed by atoms with Crippen molar-refractivity contribution in [2.45, 2.75) is 39.0 Å².